The third kappa shape index (κ3) is 2.25. The monoisotopic (exact) mass is 252 g/mol. The number of aliphatic hydroxyl groups is 1. The van der Waals surface area contributed by atoms with Crippen LogP contribution in [0.5, 0.6) is 0 Å². The number of imidazole rings is 1. The summed E-state index contributed by atoms with van der Waals surface area (Å²) in [5, 5.41) is 10.3. The molecule has 0 spiro atoms. The molecule has 0 aliphatic heterocycles. The van der Waals surface area contributed by atoms with Gasteiger partial charge in [0.25, 0.3) is 0 Å². The fourth-order valence-electron chi connectivity index (χ4n) is 2.34. The van der Waals surface area contributed by atoms with Crippen molar-refractivity contribution < 1.29 is 5.11 Å². The highest BCUT2D eigenvalue weighted by Crippen LogP contribution is 2.20. The summed E-state index contributed by atoms with van der Waals surface area (Å²) in [5.41, 5.74) is 2.99. The maximum absolute atomic E-state index is 10.3. The summed E-state index contributed by atoms with van der Waals surface area (Å²) in [6.45, 7) is 0. The third-order valence-corrected chi connectivity index (χ3v) is 3.44. The van der Waals surface area contributed by atoms with Gasteiger partial charge in [-0.1, -0.05) is 42.5 Å². The van der Waals surface area contributed by atoms with Gasteiger partial charge in [0.05, 0.1) is 17.1 Å². The van der Waals surface area contributed by atoms with Crippen LogP contribution in [0.15, 0.2) is 54.6 Å². The molecule has 1 N–H and O–H groups in total. The van der Waals surface area contributed by atoms with Gasteiger partial charge in [0.2, 0.25) is 0 Å². The Morgan fingerprint density at radius 2 is 1.74 bits per heavy atom. The van der Waals surface area contributed by atoms with Gasteiger partial charge in [-0.05, 0) is 17.7 Å². The van der Waals surface area contributed by atoms with E-state index in [0.29, 0.717) is 6.42 Å². The van der Waals surface area contributed by atoms with Gasteiger partial charge in [0, 0.05) is 13.5 Å². The van der Waals surface area contributed by atoms with Crippen molar-refractivity contribution in [1.82, 2.24) is 9.55 Å². The van der Waals surface area contributed by atoms with Gasteiger partial charge in [-0.2, -0.15) is 0 Å². The predicted octanol–water partition coefficient (Wildman–Crippen LogP) is 2.85. The number of aliphatic hydroxyl groups excluding tert-OH is 1. The number of para-hydroxylation sites is 2. The van der Waals surface area contributed by atoms with E-state index in [1.807, 2.05) is 66.2 Å². The van der Waals surface area contributed by atoms with E-state index in [1.54, 1.807) is 0 Å². The Bertz CT molecular complexity index is 688. The molecule has 2 aromatic carbocycles. The average Bonchev–Trinajstić information content (AvgIpc) is 2.77. The first-order valence-corrected chi connectivity index (χ1v) is 6.39. The molecular weight excluding hydrogens is 236 g/mol. The second-order valence-electron chi connectivity index (χ2n) is 4.71. The van der Waals surface area contributed by atoms with Crippen LogP contribution in [-0.2, 0) is 13.5 Å². The maximum Gasteiger partial charge on any atom is 0.112 e. The highest BCUT2D eigenvalue weighted by atomic mass is 16.3. The molecule has 0 aliphatic rings. The van der Waals surface area contributed by atoms with E-state index in [1.165, 1.54) is 0 Å². The van der Waals surface area contributed by atoms with Gasteiger partial charge in [-0.25, -0.2) is 4.98 Å². The lowest BCUT2D eigenvalue weighted by Crippen LogP contribution is -2.06. The molecular formula is C16H16N2O. The number of fused-ring (bicyclic) bond motifs is 1. The fraction of sp³-hybridized carbons (Fsp3) is 0.188. The average molecular weight is 252 g/mol. The lowest BCUT2D eigenvalue weighted by Gasteiger charge is -2.10. The van der Waals surface area contributed by atoms with Gasteiger partial charge < -0.3 is 9.67 Å². The van der Waals surface area contributed by atoms with E-state index < -0.39 is 6.10 Å². The zero-order chi connectivity index (χ0) is 13.2. The molecule has 0 bridgehead atoms. The van der Waals surface area contributed by atoms with E-state index in [2.05, 4.69) is 4.98 Å². The molecule has 0 unspecified atom stereocenters. The molecule has 1 aromatic heterocycles. The summed E-state index contributed by atoms with van der Waals surface area (Å²) in [5.74, 6) is 0.901. The van der Waals surface area contributed by atoms with Crippen LogP contribution in [0.25, 0.3) is 11.0 Å². The van der Waals surface area contributed by atoms with Gasteiger partial charge in [-0.15, -0.1) is 0 Å². The Labute approximate surface area is 112 Å². The minimum Gasteiger partial charge on any atom is -0.388 e. The molecule has 0 saturated carbocycles. The van der Waals surface area contributed by atoms with Gasteiger partial charge in [-0.3, -0.25) is 0 Å². The number of benzene rings is 2. The molecule has 3 aromatic rings. The van der Waals surface area contributed by atoms with Crippen LogP contribution < -0.4 is 0 Å². The minimum absolute atomic E-state index is 0.517. The SMILES string of the molecule is Cn1c(C[C@H](O)c2ccccc2)nc2ccccc21. The fourth-order valence-corrected chi connectivity index (χ4v) is 2.34. The normalized spacial score (nSPS) is 12.7. The van der Waals surface area contributed by atoms with Crippen molar-refractivity contribution in [3.63, 3.8) is 0 Å². The van der Waals surface area contributed by atoms with Crippen LogP contribution in [0, 0.1) is 0 Å². The molecule has 0 saturated heterocycles. The Hall–Kier alpha value is -2.13. The molecule has 96 valence electrons. The Morgan fingerprint density at radius 1 is 1.05 bits per heavy atom. The predicted molar refractivity (Wildman–Crippen MR) is 75.8 cm³/mol. The molecule has 1 heterocycles. The van der Waals surface area contributed by atoms with Crippen LogP contribution in [0.1, 0.15) is 17.5 Å². The molecule has 3 heteroatoms. The largest absolute Gasteiger partial charge is 0.388 e. The summed E-state index contributed by atoms with van der Waals surface area (Å²) in [6.07, 6.45) is 0.00608. The van der Waals surface area contributed by atoms with Crippen molar-refractivity contribution >= 4 is 11.0 Å². The van der Waals surface area contributed by atoms with Crippen molar-refractivity contribution in [3.05, 3.63) is 66.0 Å². The standard InChI is InChI=1S/C16H16N2O/c1-18-14-10-6-5-9-13(14)17-16(18)11-15(19)12-7-3-2-4-8-12/h2-10,15,19H,11H2,1H3/t15-/m0/s1. The van der Waals surface area contributed by atoms with Gasteiger partial charge >= 0.3 is 0 Å². The molecule has 1 atom stereocenters. The molecule has 3 rings (SSSR count). The molecule has 3 nitrogen and oxygen atoms in total. The Balaban J connectivity index is 1.91. The second-order valence-corrected chi connectivity index (χ2v) is 4.71. The van der Waals surface area contributed by atoms with Gasteiger partial charge in [0.1, 0.15) is 5.82 Å². The number of hydrogen-bond donors (Lipinski definition) is 1. The smallest absolute Gasteiger partial charge is 0.112 e. The summed E-state index contributed by atoms with van der Waals surface area (Å²) in [6, 6.07) is 17.7. The lowest BCUT2D eigenvalue weighted by atomic mass is 10.1. The number of nitrogens with zero attached hydrogens (tertiary/aromatic N) is 2. The molecule has 0 amide bonds. The number of hydrogen-bond acceptors (Lipinski definition) is 2. The highest BCUT2D eigenvalue weighted by molar-refractivity contribution is 5.75. The zero-order valence-electron chi connectivity index (χ0n) is 10.8. The van der Waals surface area contributed by atoms with Crippen LogP contribution in [-0.4, -0.2) is 14.7 Å². The quantitative estimate of drug-likeness (QED) is 0.778. The van der Waals surface area contributed by atoms with Crippen LogP contribution >= 0.6 is 0 Å². The minimum atomic E-state index is -0.517. The second kappa shape index (κ2) is 4.86. The first kappa shape index (κ1) is 11.9. The van der Waals surface area contributed by atoms with E-state index >= 15 is 0 Å². The van der Waals surface area contributed by atoms with Crippen molar-refractivity contribution in [2.45, 2.75) is 12.5 Å². The van der Waals surface area contributed by atoms with Gasteiger partial charge in [0.15, 0.2) is 0 Å². The first-order chi connectivity index (χ1) is 9.25. The van der Waals surface area contributed by atoms with Crippen LogP contribution in [0.2, 0.25) is 0 Å². The van der Waals surface area contributed by atoms with E-state index in [-0.39, 0.29) is 0 Å². The van der Waals surface area contributed by atoms with Crippen LogP contribution in [0.3, 0.4) is 0 Å². The maximum atomic E-state index is 10.3. The van der Waals surface area contributed by atoms with E-state index in [0.717, 1.165) is 22.4 Å². The summed E-state index contributed by atoms with van der Waals surface area (Å²) >= 11 is 0. The van der Waals surface area contributed by atoms with Crippen LogP contribution in [0.4, 0.5) is 0 Å². The summed E-state index contributed by atoms with van der Waals surface area (Å²) in [7, 11) is 1.99. The van der Waals surface area contributed by atoms with E-state index in [4.69, 9.17) is 0 Å². The van der Waals surface area contributed by atoms with E-state index in [9.17, 15) is 5.11 Å². The Morgan fingerprint density at radius 3 is 2.47 bits per heavy atom. The number of aryl methyl sites for hydroxylation is 1. The zero-order valence-corrected chi connectivity index (χ0v) is 10.8. The van der Waals surface area contributed by atoms with Crippen molar-refractivity contribution in [1.29, 1.82) is 0 Å². The molecule has 0 fully saturated rings. The third-order valence-electron chi connectivity index (χ3n) is 3.44. The Kier molecular flexibility index (Phi) is 3.05. The van der Waals surface area contributed by atoms with Crippen molar-refractivity contribution in [2.75, 3.05) is 0 Å². The molecule has 0 aliphatic carbocycles. The number of aromatic nitrogens is 2. The van der Waals surface area contributed by atoms with Crippen molar-refractivity contribution in [2.24, 2.45) is 7.05 Å². The lowest BCUT2D eigenvalue weighted by molar-refractivity contribution is 0.175. The first-order valence-electron chi connectivity index (χ1n) is 6.39. The molecule has 0 radical (unpaired) electrons. The summed E-state index contributed by atoms with van der Waals surface area (Å²) < 4.78 is 2.04. The topological polar surface area (TPSA) is 38.0 Å². The molecule has 19 heavy (non-hydrogen) atoms. The number of rotatable bonds is 3. The van der Waals surface area contributed by atoms with Crippen molar-refractivity contribution in [3.8, 4) is 0 Å². The summed E-state index contributed by atoms with van der Waals surface area (Å²) in [4.78, 5) is 4.58. The highest BCUT2D eigenvalue weighted by Gasteiger charge is 2.13.